The molecule has 0 aliphatic carbocycles. The van der Waals surface area contributed by atoms with Gasteiger partial charge in [-0.15, -0.1) is 11.3 Å². The van der Waals surface area contributed by atoms with Gasteiger partial charge >= 0.3 is 0 Å². The molecule has 1 amide bonds. The minimum Gasteiger partial charge on any atom is -0.497 e. The third-order valence-electron chi connectivity index (χ3n) is 4.70. The van der Waals surface area contributed by atoms with E-state index in [9.17, 15) is 4.79 Å². The number of benzene rings is 2. The lowest BCUT2D eigenvalue weighted by Crippen LogP contribution is -2.31. The Morgan fingerprint density at radius 2 is 1.86 bits per heavy atom. The van der Waals surface area contributed by atoms with Crippen LogP contribution in [0.3, 0.4) is 0 Å². The maximum absolute atomic E-state index is 12.6. The highest BCUT2D eigenvalue weighted by Gasteiger charge is 2.17. The molecule has 0 bridgehead atoms. The van der Waals surface area contributed by atoms with Gasteiger partial charge in [-0.25, -0.2) is 0 Å². The zero-order valence-corrected chi connectivity index (χ0v) is 17.7. The SMILES string of the molecule is CCc1ccc([C@@H](NCC(=O)Nc2ccc(OC)cc2OC)c2cccs2)cc1. The first-order valence-corrected chi connectivity index (χ1v) is 10.4. The fourth-order valence-corrected chi connectivity index (χ4v) is 3.90. The highest BCUT2D eigenvalue weighted by molar-refractivity contribution is 7.10. The van der Waals surface area contributed by atoms with Crippen molar-refractivity contribution in [3.8, 4) is 11.5 Å². The number of rotatable bonds is 9. The zero-order chi connectivity index (χ0) is 20.6. The van der Waals surface area contributed by atoms with Crippen LogP contribution in [-0.4, -0.2) is 26.7 Å². The molecule has 1 heterocycles. The number of carbonyl (C=O) groups is 1. The molecule has 1 aromatic heterocycles. The summed E-state index contributed by atoms with van der Waals surface area (Å²) in [6.07, 6.45) is 1.00. The van der Waals surface area contributed by atoms with Crippen molar-refractivity contribution in [3.05, 3.63) is 76.0 Å². The van der Waals surface area contributed by atoms with Gasteiger partial charge in [-0.3, -0.25) is 10.1 Å². The molecule has 29 heavy (non-hydrogen) atoms. The van der Waals surface area contributed by atoms with E-state index >= 15 is 0 Å². The van der Waals surface area contributed by atoms with Gasteiger partial charge in [-0.2, -0.15) is 0 Å². The predicted molar refractivity (Wildman–Crippen MR) is 118 cm³/mol. The van der Waals surface area contributed by atoms with Gasteiger partial charge in [0.25, 0.3) is 0 Å². The van der Waals surface area contributed by atoms with Crippen LogP contribution < -0.4 is 20.1 Å². The lowest BCUT2D eigenvalue weighted by atomic mass is 10.0. The van der Waals surface area contributed by atoms with Crippen LogP contribution in [0.25, 0.3) is 0 Å². The summed E-state index contributed by atoms with van der Waals surface area (Å²) in [6.45, 7) is 2.31. The fourth-order valence-electron chi connectivity index (χ4n) is 3.07. The van der Waals surface area contributed by atoms with E-state index in [4.69, 9.17) is 9.47 Å². The maximum Gasteiger partial charge on any atom is 0.238 e. The molecule has 0 saturated heterocycles. The number of hydrogen-bond acceptors (Lipinski definition) is 5. The molecule has 0 radical (unpaired) electrons. The van der Waals surface area contributed by atoms with Crippen molar-refractivity contribution in [2.75, 3.05) is 26.1 Å². The number of anilines is 1. The van der Waals surface area contributed by atoms with Crippen molar-refractivity contribution in [2.45, 2.75) is 19.4 Å². The Labute approximate surface area is 175 Å². The molecule has 2 aromatic carbocycles. The summed E-state index contributed by atoms with van der Waals surface area (Å²) >= 11 is 1.67. The summed E-state index contributed by atoms with van der Waals surface area (Å²) in [6, 6.07) is 17.9. The van der Waals surface area contributed by atoms with Crippen LogP contribution in [-0.2, 0) is 11.2 Å². The minimum absolute atomic E-state index is 0.0376. The monoisotopic (exact) mass is 410 g/mol. The van der Waals surface area contributed by atoms with E-state index < -0.39 is 0 Å². The fraction of sp³-hybridized carbons (Fsp3) is 0.261. The summed E-state index contributed by atoms with van der Waals surface area (Å²) in [4.78, 5) is 13.8. The van der Waals surface area contributed by atoms with E-state index in [0.717, 1.165) is 12.0 Å². The summed E-state index contributed by atoms with van der Waals surface area (Å²) in [5, 5.41) is 8.34. The van der Waals surface area contributed by atoms with Crippen LogP contribution in [0.4, 0.5) is 5.69 Å². The second-order valence-electron chi connectivity index (χ2n) is 6.54. The Balaban J connectivity index is 1.70. The van der Waals surface area contributed by atoms with Crippen LogP contribution in [0.15, 0.2) is 60.0 Å². The number of hydrogen-bond donors (Lipinski definition) is 2. The number of aryl methyl sites for hydroxylation is 1. The molecule has 3 rings (SSSR count). The standard InChI is InChI=1S/C23H26N2O3S/c1-4-16-7-9-17(10-8-16)23(21-6-5-13-29-21)24-15-22(26)25-19-12-11-18(27-2)14-20(19)28-3/h5-14,23-24H,4,15H2,1-3H3,(H,25,26)/t23-/m1/s1. The van der Waals surface area contributed by atoms with Crippen LogP contribution >= 0.6 is 11.3 Å². The number of methoxy groups -OCH3 is 2. The molecule has 0 spiro atoms. The summed E-state index contributed by atoms with van der Waals surface area (Å²) < 4.78 is 10.5. The molecule has 152 valence electrons. The largest absolute Gasteiger partial charge is 0.497 e. The molecule has 0 aliphatic heterocycles. The molecule has 2 N–H and O–H groups in total. The topological polar surface area (TPSA) is 59.6 Å². The maximum atomic E-state index is 12.6. The van der Waals surface area contributed by atoms with Gasteiger partial charge in [0.1, 0.15) is 11.5 Å². The van der Waals surface area contributed by atoms with E-state index in [-0.39, 0.29) is 18.5 Å². The molecular formula is C23H26N2O3S. The quantitative estimate of drug-likeness (QED) is 0.539. The van der Waals surface area contributed by atoms with Crippen molar-refractivity contribution < 1.29 is 14.3 Å². The van der Waals surface area contributed by atoms with Crippen molar-refractivity contribution in [1.29, 1.82) is 0 Å². The van der Waals surface area contributed by atoms with E-state index in [1.54, 1.807) is 43.8 Å². The number of nitrogens with one attached hydrogen (secondary N) is 2. The van der Waals surface area contributed by atoms with Crippen LogP contribution in [0.5, 0.6) is 11.5 Å². The smallest absolute Gasteiger partial charge is 0.238 e. The van der Waals surface area contributed by atoms with Crippen molar-refractivity contribution in [3.63, 3.8) is 0 Å². The average molecular weight is 411 g/mol. The van der Waals surface area contributed by atoms with Gasteiger partial charge in [-0.05, 0) is 41.1 Å². The lowest BCUT2D eigenvalue weighted by Gasteiger charge is -2.19. The first-order valence-electron chi connectivity index (χ1n) is 9.52. The number of thiophene rings is 1. The van der Waals surface area contributed by atoms with Gasteiger partial charge in [0.05, 0.1) is 32.5 Å². The Hall–Kier alpha value is -2.83. The van der Waals surface area contributed by atoms with Crippen LogP contribution in [0, 0.1) is 0 Å². The van der Waals surface area contributed by atoms with Gasteiger partial charge in [0.2, 0.25) is 5.91 Å². The molecule has 3 aromatic rings. The summed E-state index contributed by atoms with van der Waals surface area (Å²) in [5.74, 6) is 1.09. The summed E-state index contributed by atoms with van der Waals surface area (Å²) in [5.41, 5.74) is 3.04. The van der Waals surface area contributed by atoms with Gasteiger partial charge in [-0.1, -0.05) is 37.3 Å². The Morgan fingerprint density at radius 3 is 2.48 bits per heavy atom. The molecule has 6 heteroatoms. The third-order valence-corrected chi connectivity index (χ3v) is 5.64. The second-order valence-corrected chi connectivity index (χ2v) is 7.52. The highest BCUT2D eigenvalue weighted by Crippen LogP contribution is 2.29. The van der Waals surface area contributed by atoms with Crippen molar-refractivity contribution in [1.82, 2.24) is 5.32 Å². The minimum atomic E-state index is -0.139. The second kappa shape index (κ2) is 10.1. The number of amides is 1. The number of ether oxygens (including phenoxy) is 2. The van der Waals surface area contributed by atoms with E-state index in [1.165, 1.54) is 10.4 Å². The highest BCUT2D eigenvalue weighted by atomic mass is 32.1. The Kier molecular flexibility index (Phi) is 7.27. The Bertz CT molecular complexity index is 924. The Morgan fingerprint density at radius 1 is 1.07 bits per heavy atom. The predicted octanol–water partition coefficient (Wildman–Crippen LogP) is 4.65. The van der Waals surface area contributed by atoms with Crippen LogP contribution in [0.2, 0.25) is 0 Å². The van der Waals surface area contributed by atoms with Crippen molar-refractivity contribution >= 4 is 22.9 Å². The molecule has 1 atom stereocenters. The first kappa shape index (κ1) is 20.9. The molecule has 0 fully saturated rings. The van der Waals surface area contributed by atoms with Crippen molar-refractivity contribution in [2.24, 2.45) is 0 Å². The number of carbonyl (C=O) groups excluding carboxylic acids is 1. The van der Waals surface area contributed by atoms with E-state index in [0.29, 0.717) is 17.2 Å². The molecule has 5 nitrogen and oxygen atoms in total. The third kappa shape index (κ3) is 5.37. The normalized spacial score (nSPS) is 11.7. The molecule has 0 saturated carbocycles. The van der Waals surface area contributed by atoms with Gasteiger partial charge in [0.15, 0.2) is 0 Å². The lowest BCUT2D eigenvalue weighted by molar-refractivity contribution is -0.115. The summed E-state index contributed by atoms with van der Waals surface area (Å²) in [7, 11) is 3.16. The van der Waals surface area contributed by atoms with Gasteiger partial charge in [0, 0.05) is 10.9 Å². The van der Waals surface area contributed by atoms with E-state index in [2.05, 4.69) is 47.9 Å². The van der Waals surface area contributed by atoms with Crippen LogP contribution in [0.1, 0.15) is 29.0 Å². The average Bonchev–Trinajstić information content (AvgIpc) is 3.29. The first-order chi connectivity index (χ1) is 14.1. The molecule has 0 aliphatic rings. The molecule has 0 unspecified atom stereocenters. The molecular weight excluding hydrogens is 384 g/mol. The van der Waals surface area contributed by atoms with Gasteiger partial charge < -0.3 is 14.8 Å². The van der Waals surface area contributed by atoms with E-state index in [1.807, 2.05) is 11.4 Å². The zero-order valence-electron chi connectivity index (χ0n) is 16.9.